The molecule has 7 rings (SSSR count). The highest BCUT2D eigenvalue weighted by Gasteiger charge is 2.23. The van der Waals surface area contributed by atoms with Crippen molar-refractivity contribution in [3.8, 4) is 0 Å². The van der Waals surface area contributed by atoms with Crippen LogP contribution in [0.2, 0.25) is 0 Å². The molecule has 0 nitrogen and oxygen atoms in total. The zero-order valence-corrected chi connectivity index (χ0v) is 24.3. The van der Waals surface area contributed by atoms with E-state index in [4.69, 9.17) is 0 Å². The van der Waals surface area contributed by atoms with Gasteiger partial charge < -0.3 is 0 Å². The molecule has 0 aromatic heterocycles. The van der Waals surface area contributed by atoms with Crippen molar-refractivity contribution in [2.75, 3.05) is 0 Å². The number of hydrogen-bond donors (Lipinski definition) is 0. The van der Waals surface area contributed by atoms with Gasteiger partial charge in [0.15, 0.2) is 0 Å². The van der Waals surface area contributed by atoms with Gasteiger partial charge in [0.25, 0.3) is 0 Å². The van der Waals surface area contributed by atoms with Crippen molar-refractivity contribution in [1.82, 2.24) is 0 Å². The van der Waals surface area contributed by atoms with E-state index in [1.807, 2.05) is 0 Å². The van der Waals surface area contributed by atoms with Crippen LogP contribution in [0, 0.1) is 38.1 Å². The largest absolute Gasteiger partial charge is 0.0795 e. The van der Waals surface area contributed by atoms with Crippen molar-refractivity contribution in [2.24, 2.45) is 0 Å². The Bertz CT molecular complexity index is 2080. The highest BCUT2D eigenvalue weighted by Crippen LogP contribution is 2.39. The van der Waals surface area contributed by atoms with Crippen molar-refractivity contribution >= 4 is 22.8 Å². The molecule has 2 aliphatic carbocycles. The zero-order valence-electron chi connectivity index (χ0n) is 24.3. The van der Waals surface area contributed by atoms with Crippen LogP contribution < -0.4 is 10.4 Å². The van der Waals surface area contributed by atoms with Crippen LogP contribution in [0.4, 0.5) is 0 Å². The first-order valence-corrected chi connectivity index (χ1v) is 14.6. The summed E-state index contributed by atoms with van der Waals surface area (Å²) in [7, 11) is 0. The molecule has 0 amide bonds. The van der Waals surface area contributed by atoms with Crippen molar-refractivity contribution in [3.63, 3.8) is 0 Å². The lowest BCUT2D eigenvalue weighted by atomic mass is 9.84. The molecule has 0 heteroatoms. The molecule has 0 saturated carbocycles. The van der Waals surface area contributed by atoms with E-state index in [2.05, 4.69) is 149 Å². The van der Waals surface area contributed by atoms with Gasteiger partial charge in [0, 0.05) is 0 Å². The third-order valence-electron chi connectivity index (χ3n) is 9.20. The average Bonchev–Trinajstić information content (AvgIpc) is 3.64. The maximum Gasteiger partial charge on any atom is -0.00325 e. The molecule has 0 radical (unpaired) electrons. The average molecular weight is 527 g/mol. The molecular formula is C41H34. The number of allylic oxidation sites excluding steroid dienone is 4. The van der Waals surface area contributed by atoms with Gasteiger partial charge in [-0.2, -0.15) is 0 Å². The molecule has 0 aliphatic heterocycles. The van der Waals surface area contributed by atoms with Crippen LogP contribution in [-0.4, -0.2) is 0 Å². The van der Waals surface area contributed by atoms with Gasteiger partial charge in [-0.15, -0.1) is 0 Å². The van der Waals surface area contributed by atoms with Gasteiger partial charge in [0.2, 0.25) is 0 Å². The third-order valence-corrected chi connectivity index (χ3v) is 9.20. The summed E-state index contributed by atoms with van der Waals surface area (Å²) in [5.41, 5.74) is 16.1. The van der Waals surface area contributed by atoms with E-state index in [1.165, 1.54) is 87.7 Å². The van der Waals surface area contributed by atoms with Gasteiger partial charge in [-0.05, 0) is 128 Å². The molecule has 5 aromatic carbocycles. The van der Waals surface area contributed by atoms with E-state index in [1.54, 1.807) is 0 Å². The number of hydrogen-bond acceptors (Lipinski definition) is 0. The third kappa shape index (κ3) is 4.14. The van der Waals surface area contributed by atoms with E-state index in [-0.39, 0.29) is 0 Å². The summed E-state index contributed by atoms with van der Waals surface area (Å²) < 4.78 is 0. The minimum absolute atomic E-state index is 0.922. The van der Waals surface area contributed by atoms with Crippen LogP contribution in [0.25, 0.3) is 22.8 Å². The van der Waals surface area contributed by atoms with E-state index >= 15 is 0 Å². The molecular weight excluding hydrogens is 492 g/mol. The highest BCUT2D eigenvalue weighted by atomic mass is 14.3. The highest BCUT2D eigenvalue weighted by molar-refractivity contribution is 6.02. The molecule has 0 heterocycles. The molecule has 0 atom stereocenters. The Balaban J connectivity index is 1.68. The van der Waals surface area contributed by atoms with Crippen LogP contribution in [0.15, 0.2) is 115 Å². The minimum Gasteiger partial charge on any atom is -0.0795 e. The fourth-order valence-electron chi connectivity index (χ4n) is 6.73. The van der Waals surface area contributed by atoms with Gasteiger partial charge in [0.1, 0.15) is 0 Å². The summed E-state index contributed by atoms with van der Waals surface area (Å²) in [6, 6.07) is 37.7. The number of aryl methyl sites for hydroxylation is 1. The summed E-state index contributed by atoms with van der Waals surface area (Å²) in [6.45, 7) is 9.05. The molecule has 0 saturated heterocycles. The molecule has 2 aliphatic rings. The lowest BCUT2D eigenvalue weighted by Gasteiger charge is -2.19. The van der Waals surface area contributed by atoms with E-state index in [0.29, 0.717) is 0 Å². The number of rotatable bonds is 4. The van der Waals surface area contributed by atoms with Crippen LogP contribution in [0.1, 0.15) is 56.5 Å². The Morgan fingerprint density at radius 3 is 1.98 bits per heavy atom. The second kappa shape index (κ2) is 10.1. The SMILES string of the molecule is Cc1cc(C2=C(c3c4c(ccc3=C(c3ccccc3)c3ccccc3)=c3ccccc3=C4)CC=C2)c(C)c(C)c1C. The number of benzene rings is 5. The molecule has 198 valence electrons. The van der Waals surface area contributed by atoms with E-state index in [0.717, 1.165) is 6.42 Å². The second-order valence-corrected chi connectivity index (χ2v) is 11.4. The minimum atomic E-state index is 0.922. The molecule has 0 N–H and O–H groups in total. The van der Waals surface area contributed by atoms with Gasteiger partial charge in [-0.3, -0.25) is 0 Å². The maximum absolute atomic E-state index is 2.42. The molecule has 0 fully saturated rings. The lowest BCUT2D eigenvalue weighted by Crippen LogP contribution is -2.17. The summed E-state index contributed by atoms with van der Waals surface area (Å²) in [5.74, 6) is 0. The first kappa shape index (κ1) is 25.3. The predicted octanol–water partition coefficient (Wildman–Crippen LogP) is 8.47. The lowest BCUT2D eigenvalue weighted by molar-refractivity contribution is 1.20. The Morgan fingerprint density at radius 1 is 0.610 bits per heavy atom. The summed E-state index contributed by atoms with van der Waals surface area (Å²) in [5, 5.41) is 5.24. The molecule has 0 bridgehead atoms. The quantitative estimate of drug-likeness (QED) is 0.216. The van der Waals surface area contributed by atoms with Gasteiger partial charge in [-0.25, -0.2) is 0 Å². The molecule has 5 aromatic rings. The monoisotopic (exact) mass is 526 g/mol. The van der Waals surface area contributed by atoms with Gasteiger partial charge in [-0.1, -0.05) is 115 Å². The summed E-state index contributed by atoms with van der Waals surface area (Å²) >= 11 is 0. The van der Waals surface area contributed by atoms with Crippen molar-refractivity contribution in [1.29, 1.82) is 0 Å². The zero-order chi connectivity index (χ0) is 28.1. The topological polar surface area (TPSA) is 0 Å². The Hall–Kier alpha value is -4.68. The second-order valence-electron chi connectivity index (χ2n) is 11.4. The Labute approximate surface area is 242 Å². The molecule has 0 spiro atoms. The van der Waals surface area contributed by atoms with Crippen molar-refractivity contribution in [2.45, 2.75) is 34.1 Å². The fourth-order valence-corrected chi connectivity index (χ4v) is 6.73. The van der Waals surface area contributed by atoms with Crippen molar-refractivity contribution < 1.29 is 0 Å². The van der Waals surface area contributed by atoms with Crippen LogP contribution >= 0.6 is 0 Å². The van der Waals surface area contributed by atoms with Gasteiger partial charge in [0.05, 0.1) is 0 Å². The maximum atomic E-state index is 2.42. The Morgan fingerprint density at radius 2 is 1.27 bits per heavy atom. The van der Waals surface area contributed by atoms with E-state index < -0.39 is 0 Å². The first-order chi connectivity index (χ1) is 20.0. The van der Waals surface area contributed by atoms with Crippen LogP contribution in [-0.2, 0) is 0 Å². The first-order valence-electron chi connectivity index (χ1n) is 14.6. The van der Waals surface area contributed by atoms with Gasteiger partial charge >= 0.3 is 0 Å². The smallest absolute Gasteiger partial charge is 0.00325 e. The standard InChI is InChI=1S/C41H34/c1-26-24-38(29(4)28(3)27(26)2)34-20-13-21-36(34)41-37(23-22-35-33-19-12-11-18-32(33)25-39(35)41)40(30-14-7-5-8-15-30)31-16-9-6-10-17-31/h5-20,22-25H,21H2,1-4H3. The molecule has 0 unspecified atom stereocenters. The van der Waals surface area contributed by atoms with Crippen molar-refractivity contribution in [3.05, 3.63) is 186 Å². The predicted molar refractivity (Wildman–Crippen MR) is 174 cm³/mol. The normalized spacial score (nSPS) is 13.3. The fraction of sp³-hybridized carbons (Fsp3) is 0.122. The van der Waals surface area contributed by atoms with Crippen LogP contribution in [0.5, 0.6) is 0 Å². The van der Waals surface area contributed by atoms with E-state index in [9.17, 15) is 0 Å². The summed E-state index contributed by atoms with van der Waals surface area (Å²) in [6.07, 6.45) is 8.05. The summed E-state index contributed by atoms with van der Waals surface area (Å²) in [4.78, 5) is 0. The molecule has 41 heavy (non-hydrogen) atoms. The van der Waals surface area contributed by atoms with Crippen LogP contribution in [0.3, 0.4) is 0 Å². The number of fused-ring (bicyclic) bond motifs is 2. The Kier molecular flexibility index (Phi) is 6.20.